The molecule has 14 heavy (non-hydrogen) atoms. The Morgan fingerprint density at radius 1 is 1.21 bits per heavy atom. The highest BCUT2D eigenvalue weighted by atomic mass is 16.1. The number of H-pyrrole nitrogens is 2. The Kier molecular flexibility index (Phi) is 2.14. The maximum absolute atomic E-state index is 11.4. The van der Waals surface area contributed by atoms with Gasteiger partial charge in [-0.2, -0.15) is 10.2 Å². The van der Waals surface area contributed by atoms with Crippen LogP contribution in [0.2, 0.25) is 0 Å². The summed E-state index contributed by atoms with van der Waals surface area (Å²) in [7, 11) is 0. The fourth-order valence-electron chi connectivity index (χ4n) is 1.46. The lowest BCUT2D eigenvalue weighted by Gasteiger charge is -2.08. The van der Waals surface area contributed by atoms with E-state index in [1.165, 1.54) is 0 Å². The summed E-state index contributed by atoms with van der Waals surface area (Å²) in [6, 6.07) is 3.57. The molecule has 2 aromatic rings. The van der Waals surface area contributed by atoms with Gasteiger partial charge in [-0.1, -0.05) is 0 Å². The Balaban J connectivity index is 2.40. The second kappa shape index (κ2) is 3.45. The van der Waals surface area contributed by atoms with Crippen LogP contribution in [0.4, 0.5) is 0 Å². The van der Waals surface area contributed by atoms with Crippen molar-refractivity contribution < 1.29 is 4.79 Å². The highest BCUT2D eigenvalue weighted by Crippen LogP contribution is 2.21. The second-order valence-electron chi connectivity index (χ2n) is 3.07. The first-order valence-electron chi connectivity index (χ1n) is 4.28. The quantitative estimate of drug-likeness (QED) is 0.753. The molecule has 0 saturated heterocycles. The summed E-state index contributed by atoms with van der Waals surface area (Å²) in [6.07, 6.45) is 3.25. The van der Waals surface area contributed by atoms with Crippen LogP contribution in [0.15, 0.2) is 24.5 Å². The molecule has 0 bridgehead atoms. The number of hydrogen-bond acceptors (Lipinski definition) is 3. The Morgan fingerprint density at radius 3 is 2.00 bits per heavy atom. The van der Waals surface area contributed by atoms with Gasteiger partial charge >= 0.3 is 0 Å². The minimum Gasteiger partial charge on any atom is -0.299 e. The Morgan fingerprint density at radius 2 is 1.71 bits per heavy atom. The first-order chi connectivity index (χ1) is 6.79. The van der Waals surface area contributed by atoms with Crippen molar-refractivity contribution in [3.63, 3.8) is 0 Å². The van der Waals surface area contributed by atoms with Gasteiger partial charge in [0.05, 0.1) is 11.4 Å². The molecule has 2 heterocycles. The molecule has 0 atom stereocenters. The maximum Gasteiger partial charge on any atom is 0.144 e. The molecule has 2 N–H and O–H groups in total. The van der Waals surface area contributed by atoms with Crippen molar-refractivity contribution in [2.24, 2.45) is 0 Å². The summed E-state index contributed by atoms with van der Waals surface area (Å²) in [5, 5.41) is 13.2. The van der Waals surface area contributed by atoms with Gasteiger partial charge in [0.2, 0.25) is 0 Å². The van der Waals surface area contributed by atoms with Gasteiger partial charge in [0.15, 0.2) is 0 Å². The summed E-state index contributed by atoms with van der Waals surface area (Å²) in [4.78, 5) is 11.4. The zero-order chi connectivity index (χ0) is 9.97. The fourth-order valence-corrected chi connectivity index (χ4v) is 1.46. The van der Waals surface area contributed by atoms with Gasteiger partial charge in [-0.25, -0.2) is 0 Å². The standard InChI is InChI=1S/C9H10N4O/c1-6(14)9(7-2-4-10-12-7)8-3-5-11-13-8/h2-5,9H,1H3,(H,10,12)(H,11,13). The van der Waals surface area contributed by atoms with Crippen molar-refractivity contribution >= 4 is 5.78 Å². The third-order valence-corrected chi connectivity index (χ3v) is 2.07. The van der Waals surface area contributed by atoms with E-state index in [0.717, 1.165) is 11.4 Å². The van der Waals surface area contributed by atoms with E-state index >= 15 is 0 Å². The van der Waals surface area contributed by atoms with E-state index in [2.05, 4.69) is 20.4 Å². The van der Waals surface area contributed by atoms with Gasteiger partial charge in [-0.05, 0) is 19.1 Å². The topological polar surface area (TPSA) is 74.4 Å². The number of nitrogens with one attached hydrogen (secondary N) is 2. The number of ketones is 1. The molecular formula is C9H10N4O. The lowest BCUT2D eigenvalue weighted by atomic mass is 9.98. The number of rotatable bonds is 3. The summed E-state index contributed by atoms with van der Waals surface area (Å²) in [5.41, 5.74) is 1.56. The molecule has 5 heteroatoms. The minimum absolute atomic E-state index is 0.0542. The van der Waals surface area contributed by atoms with E-state index < -0.39 is 0 Å². The smallest absolute Gasteiger partial charge is 0.144 e. The van der Waals surface area contributed by atoms with Crippen LogP contribution < -0.4 is 0 Å². The number of carbonyl (C=O) groups is 1. The Hall–Kier alpha value is -1.91. The van der Waals surface area contributed by atoms with Crippen LogP contribution in [0, 0.1) is 0 Å². The molecule has 0 spiro atoms. The zero-order valence-corrected chi connectivity index (χ0v) is 7.69. The van der Waals surface area contributed by atoms with Gasteiger partial charge < -0.3 is 0 Å². The van der Waals surface area contributed by atoms with Crippen LogP contribution in [-0.4, -0.2) is 26.2 Å². The van der Waals surface area contributed by atoms with Gasteiger partial charge in [-0.3, -0.25) is 15.0 Å². The van der Waals surface area contributed by atoms with Crippen molar-refractivity contribution in [3.8, 4) is 0 Å². The van der Waals surface area contributed by atoms with Crippen LogP contribution in [0.3, 0.4) is 0 Å². The van der Waals surface area contributed by atoms with Crippen LogP contribution >= 0.6 is 0 Å². The Labute approximate surface area is 80.5 Å². The van der Waals surface area contributed by atoms with Gasteiger partial charge in [0.1, 0.15) is 11.7 Å². The molecule has 0 amide bonds. The molecule has 0 saturated carbocycles. The van der Waals surface area contributed by atoms with E-state index in [0.29, 0.717) is 0 Å². The fraction of sp³-hybridized carbons (Fsp3) is 0.222. The van der Waals surface area contributed by atoms with E-state index in [-0.39, 0.29) is 11.7 Å². The predicted octanol–water partition coefficient (Wildman–Crippen LogP) is 0.854. The molecule has 2 aromatic heterocycles. The number of aromatic nitrogens is 4. The van der Waals surface area contributed by atoms with Crippen LogP contribution in [0.5, 0.6) is 0 Å². The normalized spacial score (nSPS) is 10.7. The lowest BCUT2D eigenvalue weighted by Crippen LogP contribution is -2.11. The number of carbonyl (C=O) groups excluding carboxylic acids is 1. The zero-order valence-electron chi connectivity index (χ0n) is 7.69. The van der Waals surface area contributed by atoms with Gasteiger partial charge in [0, 0.05) is 12.4 Å². The predicted molar refractivity (Wildman–Crippen MR) is 49.7 cm³/mol. The third-order valence-electron chi connectivity index (χ3n) is 2.07. The highest BCUT2D eigenvalue weighted by molar-refractivity contribution is 5.85. The van der Waals surface area contributed by atoms with E-state index in [4.69, 9.17) is 0 Å². The van der Waals surface area contributed by atoms with Gasteiger partial charge in [0.25, 0.3) is 0 Å². The van der Waals surface area contributed by atoms with Crippen molar-refractivity contribution in [3.05, 3.63) is 35.9 Å². The average molecular weight is 190 g/mol. The molecule has 0 aromatic carbocycles. The van der Waals surface area contributed by atoms with Crippen molar-refractivity contribution in [2.45, 2.75) is 12.8 Å². The first-order valence-corrected chi connectivity index (χ1v) is 4.28. The average Bonchev–Trinajstić information content (AvgIpc) is 2.75. The Bertz CT molecular complexity index is 370. The van der Waals surface area contributed by atoms with E-state index in [1.54, 1.807) is 31.5 Å². The number of hydrogen-bond donors (Lipinski definition) is 2. The molecule has 5 nitrogen and oxygen atoms in total. The molecule has 0 radical (unpaired) electrons. The summed E-state index contributed by atoms with van der Waals surface area (Å²) < 4.78 is 0. The maximum atomic E-state index is 11.4. The van der Waals surface area contributed by atoms with Crippen LogP contribution in [0.25, 0.3) is 0 Å². The highest BCUT2D eigenvalue weighted by Gasteiger charge is 2.21. The van der Waals surface area contributed by atoms with Gasteiger partial charge in [-0.15, -0.1) is 0 Å². The molecule has 0 aliphatic heterocycles. The molecular weight excluding hydrogens is 180 g/mol. The van der Waals surface area contributed by atoms with Crippen molar-refractivity contribution in [1.82, 2.24) is 20.4 Å². The summed E-state index contributed by atoms with van der Waals surface area (Å²) >= 11 is 0. The third kappa shape index (κ3) is 1.44. The minimum atomic E-state index is -0.319. The molecule has 0 aliphatic carbocycles. The van der Waals surface area contributed by atoms with Crippen molar-refractivity contribution in [2.75, 3.05) is 0 Å². The molecule has 0 unspecified atom stereocenters. The molecule has 0 aliphatic rings. The number of Topliss-reactive ketones (excluding diaryl/α,β-unsaturated/α-hetero) is 1. The van der Waals surface area contributed by atoms with E-state index in [1.807, 2.05) is 0 Å². The monoisotopic (exact) mass is 190 g/mol. The summed E-state index contributed by atoms with van der Waals surface area (Å²) in [5.74, 6) is -0.265. The largest absolute Gasteiger partial charge is 0.299 e. The van der Waals surface area contributed by atoms with E-state index in [9.17, 15) is 4.79 Å². The number of nitrogens with zero attached hydrogens (tertiary/aromatic N) is 2. The van der Waals surface area contributed by atoms with Crippen LogP contribution in [0.1, 0.15) is 24.2 Å². The molecule has 2 rings (SSSR count). The van der Waals surface area contributed by atoms with Crippen LogP contribution in [-0.2, 0) is 4.79 Å². The molecule has 72 valence electrons. The first kappa shape index (κ1) is 8.68. The molecule has 0 fully saturated rings. The lowest BCUT2D eigenvalue weighted by molar-refractivity contribution is -0.117. The van der Waals surface area contributed by atoms with Crippen molar-refractivity contribution in [1.29, 1.82) is 0 Å². The number of aromatic amines is 2. The second-order valence-corrected chi connectivity index (χ2v) is 3.07. The summed E-state index contributed by atoms with van der Waals surface area (Å²) in [6.45, 7) is 1.55. The SMILES string of the molecule is CC(=O)C(c1ccn[nH]1)c1ccn[nH]1.